The molecule has 3 heteroatoms. The Labute approximate surface area is 124 Å². The third kappa shape index (κ3) is 3.72. The van der Waals surface area contributed by atoms with Gasteiger partial charge < -0.3 is 4.43 Å². The van der Waals surface area contributed by atoms with Crippen molar-refractivity contribution < 1.29 is 9.22 Å². The summed E-state index contributed by atoms with van der Waals surface area (Å²) in [5.41, 5.74) is 1.76. The lowest BCUT2D eigenvalue weighted by Crippen LogP contribution is -2.44. The Balaban J connectivity index is 3.29. The third-order valence-electron chi connectivity index (χ3n) is 4.12. The molecule has 0 saturated heterocycles. The highest BCUT2D eigenvalue weighted by molar-refractivity contribution is 6.74. The maximum Gasteiger partial charge on any atom is 0.250 e. The number of rotatable bonds is 3. The molecule has 0 heterocycles. The molecule has 1 aromatic rings. The van der Waals surface area contributed by atoms with Crippen LogP contribution in [0.3, 0.4) is 0 Å². The second-order valence-electron chi connectivity index (χ2n) is 7.99. The monoisotopic (exact) mass is 292 g/mol. The second kappa shape index (κ2) is 5.36. The van der Waals surface area contributed by atoms with Gasteiger partial charge in [0.15, 0.2) is 0 Å². The maximum absolute atomic E-state index is 11.0. The molecule has 20 heavy (non-hydrogen) atoms. The molecule has 0 saturated carbocycles. The number of aldehydes is 1. The van der Waals surface area contributed by atoms with E-state index in [9.17, 15) is 4.79 Å². The number of carbonyl (C=O) groups excluding carboxylic acids is 1. The van der Waals surface area contributed by atoms with Gasteiger partial charge in [-0.1, -0.05) is 41.5 Å². The van der Waals surface area contributed by atoms with E-state index in [0.717, 1.165) is 17.6 Å². The van der Waals surface area contributed by atoms with E-state index in [2.05, 4.69) is 54.6 Å². The first-order chi connectivity index (χ1) is 8.88. The second-order valence-corrected chi connectivity index (χ2v) is 12.7. The van der Waals surface area contributed by atoms with Crippen LogP contribution < -0.4 is 4.43 Å². The van der Waals surface area contributed by atoms with Gasteiger partial charge >= 0.3 is 0 Å². The average molecular weight is 292 g/mol. The van der Waals surface area contributed by atoms with E-state index in [0.29, 0.717) is 5.56 Å². The summed E-state index contributed by atoms with van der Waals surface area (Å²) in [6, 6.07) is 5.74. The van der Waals surface area contributed by atoms with Gasteiger partial charge in [-0.3, -0.25) is 4.79 Å². The van der Waals surface area contributed by atoms with Gasteiger partial charge in [0, 0.05) is 5.56 Å². The molecule has 0 fully saturated rings. The normalized spacial score (nSPS) is 13.2. The minimum atomic E-state index is -1.87. The van der Waals surface area contributed by atoms with Gasteiger partial charge in [-0.15, -0.1) is 0 Å². The van der Waals surface area contributed by atoms with Crippen molar-refractivity contribution in [3.63, 3.8) is 0 Å². The fraction of sp³-hybridized carbons (Fsp3) is 0.588. The van der Waals surface area contributed by atoms with Crippen molar-refractivity contribution in [2.24, 2.45) is 0 Å². The van der Waals surface area contributed by atoms with Crippen LogP contribution in [-0.4, -0.2) is 14.6 Å². The summed E-state index contributed by atoms with van der Waals surface area (Å²) in [6.45, 7) is 17.6. The highest BCUT2D eigenvalue weighted by Gasteiger charge is 2.39. The Morgan fingerprint density at radius 3 is 2.00 bits per heavy atom. The molecule has 2 nitrogen and oxygen atoms in total. The molecule has 0 unspecified atom stereocenters. The van der Waals surface area contributed by atoms with Crippen LogP contribution in [0.25, 0.3) is 0 Å². The van der Waals surface area contributed by atoms with Gasteiger partial charge in [-0.05, 0) is 47.3 Å². The Morgan fingerprint density at radius 2 is 1.60 bits per heavy atom. The van der Waals surface area contributed by atoms with E-state index in [1.54, 1.807) is 0 Å². The van der Waals surface area contributed by atoms with Crippen molar-refractivity contribution in [3.05, 3.63) is 29.3 Å². The van der Waals surface area contributed by atoms with Gasteiger partial charge in [-0.2, -0.15) is 0 Å². The number of hydrogen-bond acceptors (Lipinski definition) is 2. The Morgan fingerprint density at radius 1 is 1.05 bits per heavy atom. The lowest BCUT2D eigenvalue weighted by molar-refractivity contribution is 0.112. The van der Waals surface area contributed by atoms with E-state index in [1.165, 1.54) is 0 Å². The van der Waals surface area contributed by atoms with Crippen molar-refractivity contribution in [3.8, 4) is 5.75 Å². The van der Waals surface area contributed by atoms with Crippen LogP contribution in [0.2, 0.25) is 18.1 Å². The van der Waals surface area contributed by atoms with Gasteiger partial charge in [0.05, 0.1) is 0 Å². The van der Waals surface area contributed by atoms with E-state index < -0.39 is 8.32 Å². The molecular weight excluding hydrogens is 264 g/mol. The molecule has 0 spiro atoms. The van der Waals surface area contributed by atoms with Crippen molar-refractivity contribution in [1.29, 1.82) is 0 Å². The molecule has 112 valence electrons. The highest BCUT2D eigenvalue weighted by atomic mass is 28.4. The first-order valence-corrected chi connectivity index (χ1v) is 10.1. The quantitative estimate of drug-likeness (QED) is 0.566. The van der Waals surface area contributed by atoms with Crippen molar-refractivity contribution >= 4 is 14.6 Å². The Bertz CT molecular complexity index is 491. The zero-order valence-electron chi connectivity index (χ0n) is 14.1. The van der Waals surface area contributed by atoms with Crippen LogP contribution in [0.5, 0.6) is 5.75 Å². The molecule has 0 N–H and O–H groups in total. The van der Waals surface area contributed by atoms with Crippen molar-refractivity contribution in [2.75, 3.05) is 0 Å². The average Bonchev–Trinajstić information content (AvgIpc) is 2.26. The van der Waals surface area contributed by atoms with E-state index in [4.69, 9.17) is 4.43 Å². The summed E-state index contributed by atoms with van der Waals surface area (Å²) < 4.78 is 6.45. The lowest BCUT2D eigenvalue weighted by Gasteiger charge is -2.38. The minimum absolute atomic E-state index is 0.0449. The van der Waals surface area contributed by atoms with Crippen LogP contribution in [0, 0.1) is 0 Å². The molecule has 1 aromatic carbocycles. The molecular formula is C17H28O2Si. The first-order valence-electron chi connectivity index (χ1n) is 7.17. The van der Waals surface area contributed by atoms with Gasteiger partial charge in [0.2, 0.25) is 8.32 Å². The van der Waals surface area contributed by atoms with Crippen molar-refractivity contribution in [2.45, 2.75) is 65.1 Å². The lowest BCUT2D eigenvalue weighted by atomic mass is 9.85. The van der Waals surface area contributed by atoms with Crippen LogP contribution in [0.15, 0.2) is 18.2 Å². The fourth-order valence-corrected chi connectivity index (χ4v) is 2.76. The van der Waals surface area contributed by atoms with Crippen LogP contribution in [-0.2, 0) is 5.41 Å². The maximum atomic E-state index is 11.0. The summed E-state index contributed by atoms with van der Waals surface area (Å²) in [7, 11) is -1.87. The largest absolute Gasteiger partial charge is 0.543 e. The number of benzene rings is 1. The van der Waals surface area contributed by atoms with E-state index >= 15 is 0 Å². The van der Waals surface area contributed by atoms with E-state index in [1.807, 2.05) is 18.2 Å². The summed E-state index contributed by atoms with van der Waals surface area (Å²) in [5, 5.41) is 0.158. The highest BCUT2D eigenvalue weighted by Crippen LogP contribution is 2.40. The SMILES string of the molecule is CC(C)(C)c1cc(C=O)ccc1O[Si](C)(C)C(C)(C)C. The van der Waals surface area contributed by atoms with E-state index in [-0.39, 0.29) is 10.5 Å². The van der Waals surface area contributed by atoms with Crippen LogP contribution in [0.1, 0.15) is 57.5 Å². The molecule has 0 radical (unpaired) electrons. The summed E-state index contributed by atoms with van der Waals surface area (Å²) >= 11 is 0. The molecule has 0 atom stereocenters. The zero-order valence-corrected chi connectivity index (χ0v) is 15.1. The predicted octanol–water partition coefficient (Wildman–Crippen LogP) is 5.18. The van der Waals surface area contributed by atoms with Gasteiger partial charge in [0.1, 0.15) is 12.0 Å². The molecule has 1 rings (SSSR count). The topological polar surface area (TPSA) is 26.3 Å². The predicted molar refractivity (Wildman–Crippen MR) is 88.4 cm³/mol. The smallest absolute Gasteiger partial charge is 0.250 e. The van der Waals surface area contributed by atoms with Crippen molar-refractivity contribution in [1.82, 2.24) is 0 Å². The Kier molecular flexibility index (Phi) is 4.54. The molecule has 0 aliphatic heterocycles. The summed E-state index contributed by atoms with van der Waals surface area (Å²) in [5.74, 6) is 0.926. The Hall–Kier alpha value is -1.09. The zero-order chi connectivity index (χ0) is 15.8. The molecule has 0 amide bonds. The molecule has 0 bridgehead atoms. The molecule has 0 aliphatic carbocycles. The van der Waals surface area contributed by atoms with Gasteiger partial charge in [-0.25, -0.2) is 0 Å². The fourth-order valence-electron chi connectivity index (χ4n) is 1.72. The minimum Gasteiger partial charge on any atom is -0.543 e. The standard InChI is InChI=1S/C17H28O2Si/c1-16(2,3)14-11-13(12-18)9-10-15(14)19-20(7,8)17(4,5)6/h9-12H,1-8H3. The van der Waals surface area contributed by atoms with Crippen LogP contribution >= 0.6 is 0 Å². The van der Waals surface area contributed by atoms with Crippen LogP contribution in [0.4, 0.5) is 0 Å². The summed E-state index contributed by atoms with van der Waals surface area (Å²) in [6.07, 6.45) is 0.894. The molecule has 0 aliphatic rings. The molecule has 0 aromatic heterocycles. The first kappa shape index (κ1) is 17.0. The van der Waals surface area contributed by atoms with Gasteiger partial charge in [0.25, 0.3) is 0 Å². The number of carbonyl (C=O) groups is 1. The summed E-state index contributed by atoms with van der Waals surface area (Å²) in [4.78, 5) is 11.0. The number of hydrogen-bond donors (Lipinski definition) is 0. The third-order valence-corrected chi connectivity index (χ3v) is 8.46.